The maximum atomic E-state index is 12.2. The molecule has 31 heavy (non-hydrogen) atoms. The second kappa shape index (κ2) is 9.75. The van der Waals surface area contributed by atoms with Crippen molar-refractivity contribution in [3.8, 4) is 0 Å². The van der Waals surface area contributed by atoms with Crippen molar-refractivity contribution in [1.82, 2.24) is 24.9 Å². The highest BCUT2D eigenvalue weighted by atomic mass is 32.2. The Labute approximate surface area is 186 Å². The zero-order valence-corrected chi connectivity index (χ0v) is 18.5. The number of hydrogen-bond acceptors (Lipinski definition) is 5. The van der Waals surface area contributed by atoms with Gasteiger partial charge in [0.05, 0.1) is 5.75 Å². The summed E-state index contributed by atoms with van der Waals surface area (Å²) in [5, 5.41) is 8.10. The Kier molecular flexibility index (Phi) is 6.62. The van der Waals surface area contributed by atoms with E-state index in [0.717, 1.165) is 29.8 Å². The standard InChI is InChI=1S/C24H25N5OS/c1-17-21(15-20-11-7-4-8-12-20)18(2)29-23(26-17)27-24(28-29)31-16-22(30)25-14-13-19-9-5-3-6-10-19/h3-12H,13-16H2,1-2H3,(H,25,30). The first-order chi connectivity index (χ1) is 15.1. The van der Waals surface area contributed by atoms with Gasteiger partial charge in [-0.25, -0.2) is 9.50 Å². The highest BCUT2D eigenvalue weighted by Crippen LogP contribution is 2.20. The van der Waals surface area contributed by atoms with Gasteiger partial charge in [-0.3, -0.25) is 4.79 Å². The number of hydrogen-bond donors (Lipinski definition) is 1. The van der Waals surface area contributed by atoms with Gasteiger partial charge >= 0.3 is 0 Å². The van der Waals surface area contributed by atoms with Gasteiger partial charge in [0.25, 0.3) is 5.78 Å². The minimum Gasteiger partial charge on any atom is -0.355 e. The third-order valence-electron chi connectivity index (χ3n) is 5.16. The predicted octanol–water partition coefficient (Wildman–Crippen LogP) is 3.78. The van der Waals surface area contributed by atoms with Crippen LogP contribution in [-0.4, -0.2) is 37.8 Å². The number of carbonyl (C=O) groups excluding carboxylic acids is 1. The number of benzene rings is 2. The number of aromatic nitrogens is 4. The van der Waals surface area contributed by atoms with Crippen LogP contribution in [0.4, 0.5) is 0 Å². The van der Waals surface area contributed by atoms with Crippen LogP contribution in [0.2, 0.25) is 0 Å². The summed E-state index contributed by atoms with van der Waals surface area (Å²) >= 11 is 1.33. The molecule has 4 rings (SSSR count). The van der Waals surface area contributed by atoms with Crippen LogP contribution in [0.1, 0.15) is 28.1 Å². The number of rotatable bonds is 8. The van der Waals surface area contributed by atoms with E-state index in [2.05, 4.69) is 44.6 Å². The maximum Gasteiger partial charge on any atom is 0.253 e. The van der Waals surface area contributed by atoms with Crippen LogP contribution in [0.15, 0.2) is 65.8 Å². The molecule has 1 N–H and O–H groups in total. The Morgan fingerprint density at radius 3 is 2.35 bits per heavy atom. The molecule has 6 nitrogen and oxygen atoms in total. The summed E-state index contributed by atoms with van der Waals surface area (Å²) in [6.45, 7) is 4.66. The first-order valence-corrected chi connectivity index (χ1v) is 11.3. The minimum absolute atomic E-state index is 0.0228. The molecule has 0 unspecified atom stereocenters. The summed E-state index contributed by atoms with van der Waals surface area (Å²) in [4.78, 5) is 21.3. The molecule has 0 aliphatic carbocycles. The van der Waals surface area contributed by atoms with E-state index >= 15 is 0 Å². The van der Waals surface area contributed by atoms with E-state index < -0.39 is 0 Å². The number of nitrogens with one attached hydrogen (secondary N) is 1. The first kappa shape index (κ1) is 21.1. The SMILES string of the molecule is Cc1nc2nc(SCC(=O)NCCc3ccccc3)nn2c(C)c1Cc1ccccc1. The molecule has 2 aromatic heterocycles. The molecule has 0 fully saturated rings. The lowest BCUT2D eigenvalue weighted by Crippen LogP contribution is -2.27. The second-order valence-electron chi connectivity index (χ2n) is 7.40. The molecule has 0 aliphatic heterocycles. The van der Waals surface area contributed by atoms with Crippen LogP contribution >= 0.6 is 11.8 Å². The first-order valence-electron chi connectivity index (χ1n) is 10.3. The predicted molar refractivity (Wildman–Crippen MR) is 123 cm³/mol. The van der Waals surface area contributed by atoms with Gasteiger partial charge in [-0.15, -0.1) is 5.10 Å². The Hall–Kier alpha value is -3.19. The molecule has 7 heteroatoms. The number of fused-ring (bicyclic) bond motifs is 1. The quantitative estimate of drug-likeness (QED) is 0.430. The highest BCUT2D eigenvalue weighted by molar-refractivity contribution is 7.99. The second-order valence-corrected chi connectivity index (χ2v) is 8.35. The summed E-state index contributed by atoms with van der Waals surface area (Å²) in [5.41, 5.74) is 5.57. The number of aryl methyl sites for hydroxylation is 2. The normalized spacial score (nSPS) is 11.0. The third kappa shape index (κ3) is 5.30. The van der Waals surface area contributed by atoms with Gasteiger partial charge in [0.15, 0.2) is 0 Å². The fourth-order valence-electron chi connectivity index (χ4n) is 3.48. The molecule has 2 heterocycles. The van der Waals surface area contributed by atoms with Crippen molar-refractivity contribution >= 4 is 23.4 Å². The van der Waals surface area contributed by atoms with E-state index in [1.165, 1.54) is 22.9 Å². The largest absolute Gasteiger partial charge is 0.355 e. The van der Waals surface area contributed by atoms with Crippen molar-refractivity contribution in [2.75, 3.05) is 12.3 Å². The van der Waals surface area contributed by atoms with Crippen LogP contribution in [0.5, 0.6) is 0 Å². The zero-order valence-electron chi connectivity index (χ0n) is 17.7. The molecule has 2 aromatic carbocycles. The number of amides is 1. The van der Waals surface area contributed by atoms with E-state index in [4.69, 9.17) is 0 Å². The van der Waals surface area contributed by atoms with E-state index in [-0.39, 0.29) is 11.7 Å². The lowest BCUT2D eigenvalue weighted by molar-refractivity contribution is -0.118. The fourth-order valence-corrected chi connectivity index (χ4v) is 4.13. The van der Waals surface area contributed by atoms with Crippen molar-refractivity contribution in [3.63, 3.8) is 0 Å². The van der Waals surface area contributed by atoms with Crippen LogP contribution in [0.3, 0.4) is 0 Å². The number of thioether (sulfide) groups is 1. The monoisotopic (exact) mass is 431 g/mol. The zero-order chi connectivity index (χ0) is 21.6. The Morgan fingerprint density at radius 2 is 1.65 bits per heavy atom. The van der Waals surface area contributed by atoms with Gasteiger partial charge in [0.2, 0.25) is 11.1 Å². The minimum atomic E-state index is -0.0228. The Morgan fingerprint density at radius 1 is 0.968 bits per heavy atom. The molecule has 0 bridgehead atoms. The van der Waals surface area contributed by atoms with Crippen LogP contribution in [0, 0.1) is 13.8 Å². The van der Waals surface area contributed by atoms with E-state index in [1.54, 1.807) is 4.52 Å². The van der Waals surface area contributed by atoms with Crippen molar-refractivity contribution in [2.24, 2.45) is 0 Å². The third-order valence-corrected chi connectivity index (χ3v) is 6.00. The number of nitrogens with zero attached hydrogens (tertiary/aromatic N) is 4. The molecule has 0 radical (unpaired) electrons. The summed E-state index contributed by atoms with van der Waals surface area (Å²) in [5.74, 6) is 0.824. The van der Waals surface area contributed by atoms with Crippen molar-refractivity contribution < 1.29 is 4.79 Å². The lowest BCUT2D eigenvalue weighted by atomic mass is 10.0. The molecule has 158 valence electrons. The Balaban J connectivity index is 1.38. The average molecular weight is 432 g/mol. The summed E-state index contributed by atoms with van der Waals surface area (Å²) in [6.07, 6.45) is 1.62. The van der Waals surface area contributed by atoms with Crippen LogP contribution in [0.25, 0.3) is 5.78 Å². The molecule has 0 atom stereocenters. The summed E-state index contributed by atoms with van der Waals surface area (Å²) in [7, 11) is 0. The van der Waals surface area contributed by atoms with Gasteiger partial charge in [0.1, 0.15) is 0 Å². The molecule has 1 amide bonds. The molecular formula is C24H25N5OS. The Bertz CT molecular complexity index is 1180. The smallest absolute Gasteiger partial charge is 0.253 e. The topological polar surface area (TPSA) is 72.2 Å². The highest BCUT2D eigenvalue weighted by Gasteiger charge is 2.15. The lowest BCUT2D eigenvalue weighted by Gasteiger charge is -2.10. The van der Waals surface area contributed by atoms with E-state index in [9.17, 15) is 4.79 Å². The van der Waals surface area contributed by atoms with E-state index in [1.807, 2.05) is 50.2 Å². The van der Waals surface area contributed by atoms with Crippen LogP contribution < -0.4 is 5.32 Å². The molecule has 0 spiro atoms. The summed E-state index contributed by atoms with van der Waals surface area (Å²) in [6, 6.07) is 20.4. The van der Waals surface area contributed by atoms with Gasteiger partial charge in [0, 0.05) is 24.4 Å². The van der Waals surface area contributed by atoms with Gasteiger partial charge < -0.3 is 5.32 Å². The molecule has 0 saturated heterocycles. The van der Waals surface area contributed by atoms with Gasteiger partial charge in [-0.2, -0.15) is 4.98 Å². The van der Waals surface area contributed by atoms with E-state index in [0.29, 0.717) is 17.5 Å². The molecule has 0 saturated carbocycles. The fraction of sp³-hybridized carbons (Fsp3) is 0.250. The van der Waals surface area contributed by atoms with Gasteiger partial charge in [-0.1, -0.05) is 72.4 Å². The van der Waals surface area contributed by atoms with Crippen molar-refractivity contribution in [3.05, 3.63) is 88.7 Å². The van der Waals surface area contributed by atoms with Crippen molar-refractivity contribution in [2.45, 2.75) is 31.8 Å². The van der Waals surface area contributed by atoms with Crippen LogP contribution in [-0.2, 0) is 17.6 Å². The van der Waals surface area contributed by atoms with Crippen molar-refractivity contribution in [1.29, 1.82) is 0 Å². The molecule has 4 aromatic rings. The molecular weight excluding hydrogens is 406 g/mol. The van der Waals surface area contributed by atoms with Gasteiger partial charge in [-0.05, 0) is 37.0 Å². The molecule has 0 aliphatic rings. The maximum absolute atomic E-state index is 12.2. The number of carbonyl (C=O) groups is 1. The summed E-state index contributed by atoms with van der Waals surface area (Å²) < 4.78 is 1.78. The average Bonchev–Trinajstić information content (AvgIpc) is 3.20.